The highest BCUT2D eigenvalue weighted by Gasteiger charge is 2.52. The number of hydrogen-bond acceptors (Lipinski definition) is 1. The van der Waals surface area contributed by atoms with E-state index in [1.807, 2.05) is 0 Å². The van der Waals surface area contributed by atoms with Crippen molar-refractivity contribution < 1.29 is 0 Å². The summed E-state index contributed by atoms with van der Waals surface area (Å²) in [6.45, 7) is 2.25. The fourth-order valence-electron chi connectivity index (χ4n) is 10.4. The second-order valence-electron chi connectivity index (χ2n) is 16.9. The first kappa shape index (κ1) is 38.7. The van der Waals surface area contributed by atoms with Gasteiger partial charge in [-0.2, -0.15) is 0 Å². The van der Waals surface area contributed by atoms with Crippen LogP contribution in [0.3, 0.4) is 0 Å². The molecule has 9 aromatic carbocycles. The van der Waals surface area contributed by atoms with Crippen molar-refractivity contribution in [3.8, 4) is 46.2 Å². The van der Waals surface area contributed by atoms with E-state index in [4.69, 9.17) is 0 Å². The Labute approximate surface area is 376 Å². The lowest BCUT2D eigenvalue weighted by Gasteiger charge is -2.45. The van der Waals surface area contributed by atoms with Gasteiger partial charge in [0.2, 0.25) is 0 Å². The molecule has 12 rings (SSSR count). The minimum atomic E-state index is -0.572. The van der Waals surface area contributed by atoms with Crippen LogP contribution >= 0.6 is 0 Å². The van der Waals surface area contributed by atoms with Crippen LogP contribution in [0.15, 0.2) is 236 Å². The lowest BCUT2D eigenvalue weighted by atomic mass is 9.64. The number of fused-ring (bicyclic) bond motifs is 11. The third-order valence-electron chi connectivity index (χ3n) is 13.4. The average molecular weight is 816 g/mol. The minimum Gasteiger partial charge on any atom is -0.310 e. The van der Waals surface area contributed by atoms with Crippen molar-refractivity contribution in [2.75, 3.05) is 4.90 Å². The molecule has 64 heavy (non-hydrogen) atoms. The summed E-state index contributed by atoms with van der Waals surface area (Å²) in [5, 5.41) is 5.02. The van der Waals surface area contributed by atoms with E-state index in [1.54, 1.807) is 0 Å². The molecule has 1 heteroatoms. The topological polar surface area (TPSA) is 3.24 Å². The average Bonchev–Trinajstić information content (AvgIpc) is 3.65. The van der Waals surface area contributed by atoms with Crippen molar-refractivity contribution in [3.05, 3.63) is 264 Å². The molecule has 0 saturated heterocycles. The van der Waals surface area contributed by atoms with Gasteiger partial charge in [-0.15, -0.1) is 12.8 Å². The molecule has 0 fully saturated rings. The molecule has 0 saturated carbocycles. The zero-order valence-corrected chi connectivity index (χ0v) is 35.7. The summed E-state index contributed by atoms with van der Waals surface area (Å²) in [6.07, 6.45) is 22.2. The Balaban J connectivity index is 0.00000225. The SMILES string of the molecule is C#C.C/C(=C\C=C1\C=CC=CC1)c1ccc2c(c1)C1(c3cc(-c4ccc5ccccc5c4)ccc3-2)c2ccccc2N(c2ccc(-c3ccc4ccccc4c3)cc2)c2ccccc21. The molecule has 302 valence electrons. The third kappa shape index (κ3) is 6.26. The maximum atomic E-state index is 4.00. The molecule has 0 amide bonds. The number of anilines is 3. The van der Waals surface area contributed by atoms with Gasteiger partial charge in [-0.05, 0) is 156 Å². The molecule has 0 unspecified atom stereocenters. The monoisotopic (exact) mass is 815 g/mol. The van der Waals surface area contributed by atoms with E-state index in [2.05, 4.69) is 255 Å². The lowest BCUT2D eigenvalue weighted by Crippen LogP contribution is -2.36. The van der Waals surface area contributed by atoms with Crippen molar-refractivity contribution >= 4 is 44.2 Å². The molecule has 2 aliphatic carbocycles. The second-order valence-corrected chi connectivity index (χ2v) is 16.9. The third-order valence-corrected chi connectivity index (χ3v) is 13.4. The highest BCUT2D eigenvalue weighted by Crippen LogP contribution is 2.64. The molecule has 0 aromatic heterocycles. The first-order chi connectivity index (χ1) is 31.6. The van der Waals surface area contributed by atoms with Crippen LogP contribution in [-0.4, -0.2) is 0 Å². The molecule has 1 nitrogen and oxygen atoms in total. The molecule has 1 spiro atoms. The maximum Gasteiger partial charge on any atom is 0.0754 e. The predicted octanol–water partition coefficient (Wildman–Crippen LogP) is 16.6. The van der Waals surface area contributed by atoms with Crippen molar-refractivity contribution in [1.29, 1.82) is 0 Å². The highest BCUT2D eigenvalue weighted by molar-refractivity contribution is 5.98. The molecule has 3 aliphatic rings. The molecule has 1 aliphatic heterocycles. The first-order valence-electron chi connectivity index (χ1n) is 22.0. The van der Waals surface area contributed by atoms with Crippen molar-refractivity contribution in [2.24, 2.45) is 0 Å². The molecule has 9 aromatic rings. The van der Waals surface area contributed by atoms with Crippen LogP contribution in [0.1, 0.15) is 41.2 Å². The van der Waals surface area contributed by atoms with Crippen molar-refractivity contribution in [1.82, 2.24) is 0 Å². The number of benzene rings is 9. The summed E-state index contributed by atoms with van der Waals surface area (Å²) in [4.78, 5) is 2.48. The van der Waals surface area contributed by atoms with Crippen LogP contribution in [0.5, 0.6) is 0 Å². The standard InChI is InChI=1S/C61H43N.C2H2/c1-41(23-24-42-13-3-2-4-14-42)46-31-35-53-54-36-32-51(50-28-26-44-16-6-8-18-48(44)38-50)40-58(54)61(57(53)39-46)55-19-9-11-21-59(55)62(60-22-12-10-20-56(60)61)52-33-29-45(30-34-52)49-27-25-43-15-5-7-17-47(43)37-49;1-2/h2-13,15-40H,14H2,1H3;1-2H/b41-23+,42-24-;. The molecular weight excluding hydrogens is 771 g/mol. The Kier molecular flexibility index (Phi) is 9.64. The fraction of sp³-hybridized carbons (Fsp3) is 0.0476. The summed E-state index contributed by atoms with van der Waals surface area (Å²) in [7, 11) is 0. The van der Waals surface area contributed by atoms with E-state index in [9.17, 15) is 0 Å². The number of terminal acetylenes is 1. The predicted molar refractivity (Wildman–Crippen MR) is 272 cm³/mol. The summed E-state index contributed by atoms with van der Waals surface area (Å²) < 4.78 is 0. The van der Waals surface area contributed by atoms with Gasteiger partial charge in [-0.3, -0.25) is 0 Å². The van der Waals surface area contributed by atoms with Crippen LogP contribution in [0, 0.1) is 12.8 Å². The van der Waals surface area contributed by atoms with Gasteiger partial charge in [0.15, 0.2) is 0 Å². The summed E-state index contributed by atoms with van der Waals surface area (Å²) in [6, 6.07) is 72.7. The van der Waals surface area contributed by atoms with Crippen LogP contribution in [0.25, 0.3) is 60.5 Å². The maximum absolute atomic E-state index is 4.00. The smallest absolute Gasteiger partial charge is 0.0754 e. The summed E-state index contributed by atoms with van der Waals surface area (Å²) >= 11 is 0. The Bertz CT molecular complexity index is 3390. The lowest BCUT2D eigenvalue weighted by molar-refractivity contribution is 0.752. The van der Waals surface area contributed by atoms with Gasteiger partial charge < -0.3 is 4.90 Å². The Morgan fingerprint density at radius 1 is 0.484 bits per heavy atom. The quantitative estimate of drug-likeness (QED) is 0.156. The number of hydrogen-bond donors (Lipinski definition) is 0. The van der Waals surface area contributed by atoms with E-state index in [0.29, 0.717) is 0 Å². The fourth-order valence-corrected chi connectivity index (χ4v) is 10.4. The summed E-state index contributed by atoms with van der Waals surface area (Å²) in [5.74, 6) is 0. The van der Waals surface area contributed by atoms with E-state index in [-0.39, 0.29) is 0 Å². The normalized spacial score (nSPS) is 14.8. The largest absolute Gasteiger partial charge is 0.310 e. The Morgan fingerprint density at radius 3 is 1.62 bits per heavy atom. The van der Waals surface area contributed by atoms with Gasteiger partial charge in [0, 0.05) is 5.69 Å². The number of nitrogens with zero attached hydrogens (tertiary/aromatic N) is 1. The Hall–Kier alpha value is -8.18. The van der Waals surface area contributed by atoms with Gasteiger partial charge in [0.25, 0.3) is 0 Å². The van der Waals surface area contributed by atoms with Crippen LogP contribution in [0.4, 0.5) is 17.1 Å². The first-order valence-corrected chi connectivity index (χ1v) is 22.0. The van der Waals surface area contributed by atoms with Gasteiger partial charge in [-0.1, -0.05) is 182 Å². The summed E-state index contributed by atoms with van der Waals surface area (Å²) in [5.41, 5.74) is 19.4. The molecule has 0 bridgehead atoms. The number of para-hydroxylation sites is 2. The number of allylic oxidation sites excluding steroid dienone is 8. The van der Waals surface area contributed by atoms with Gasteiger partial charge in [0.05, 0.1) is 16.8 Å². The van der Waals surface area contributed by atoms with E-state index in [1.165, 1.54) is 105 Å². The Morgan fingerprint density at radius 2 is 1.00 bits per heavy atom. The van der Waals surface area contributed by atoms with Crippen LogP contribution in [0.2, 0.25) is 0 Å². The van der Waals surface area contributed by atoms with Crippen molar-refractivity contribution in [3.63, 3.8) is 0 Å². The molecule has 0 N–H and O–H groups in total. The van der Waals surface area contributed by atoms with Gasteiger partial charge >= 0.3 is 0 Å². The van der Waals surface area contributed by atoms with E-state index >= 15 is 0 Å². The molecule has 1 heterocycles. The van der Waals surface area contributed by atoms with E-state index < -0.39 is 5.41 Å². The molecule has 0 radical (unpaired) electrons. The minimum absolute atomic E-state index is 0.572. The zero-order valence-electron chi connectivity index (χ0n) is 35.7. The van der Waals surface area contributed by atoms with Gasteiger partial charge in [0.1, 0.15) is 0 Å². The second kappa shape index (κ2) is 15.9. The van der Waals surface area contributed by atoms with Crippen LogP contribution < -0.4 is 4.90 Å². The van der Waals surface area contributed by atoms with E-state index in [0.717, 1.165) is 12.1 Å². The zero-order chi connectivity index (χ0) is 43.2. The van der Waals surface area contributed by atoms with Crippen molar-refractivity contribution in [2.45, 2.75) is 18.8 Å². The molecular formula is C63H45N. The van der Waals surface area contributed by atoms with Crippen LogP contribution in [-0.2, 0) is 5.41 Å². The number of rotatable bonds is 5. The highest BCUT2D eigenvalue weighted by atomic mass is 15.2. The van der Waals surface area contributed by atoms with Gasteiger partial charge in [-0.25, -0.2) is 0 Å². The molecule has 0 atom stereocenters.